The Labute approximate surface area is 155 Å². The molecule has 0 bridgehead atoms. The van der Waals surface area contributed by atoms with Crippen molar-refractivity contribution < 1.29 is 19.5 Å². The third-order valence-corrected chi connectivity index (χ3v) is 5.70. The summed E-state index contributed by atoms with van der Waals surface area (Å²) in [7, 11) is 0. The Hall–Kier alpha value is -1.79. The van der Waals surface area contributed by atoms with E-state index >= 15 is 0 Å². The van der Waals surface area contributed by atoms with Gasteiger partial charge in [-0.1, -0.05) is 30.1 Å². The van der Waals surface area contributed by atoms with Gasteiger partial charge in [0.1, 0.15) is 5.92 Å². The number of hydrogen-bond donors (Lipinski definition) is 1. The molecule has 3 atom stereocenters. The number of halogens is 2. The molecular formula is C17H18Cl2N2O4. The van der Waals surface area contributed by atoms with Gasteiger partial charge in [-0.3, -0.25) is 14.4 Å². The van der Waals surface area contributed by atoms with Gasteiger partial charge < -0.3 is 14.9 Å². The average molecular weight is 385 g/mol. The normalized spacial score (nSPS) is 26.4. The second-order valence-corrected chi connectivity index (χ2v) is 7.41. The van der Waals surface area contributed by atoms with Crippen molar-refractivity contribution in [2.24, 2.45) is 17.8 Å². The molecule has 2 saturated heterocycles. The van der Waals surface area contributed by atoms with Gasteiger partial charge in [0.05, 0.1) is 16.0 Å². The van der Waals surface area contributed by atoms with Crippen LogP contribution in [0.4, 0.5) is 5.69 Å². The van der Waals surface area contributed by atoms with Crippen LogP contribution in [0.2, 0.25) is 10.0 Å². The van der Waals surface area contributed by atoms with Crippen LogP contribution in [0, 0.1) is 17.8 Å². The predicted molar refractivity (Wildman–Crippen MR) is 93.8 cm³/mol. The summed E-state index contributed by atoms with van der Waals surface area (Å²) in [4.78, 5) is 39.6. The van der Waals surface area contributed by atoms with Crippen LogP contribution in [0.25, 0.3) is 0 Å². The molecule has 6 nitrogen and oxygen atoms in total. The molecule has 2 amide bonds. The van der Waals surface area contributed by atoms with E-state index in [4.69, 9.17) is 23.2 Å². The van der Waals surface area contributed by atoms with E-state index in [1.165, 1.54) is 9.80 Å². The molecule has 2 aliphatic heterocycles. The fraction of sp³-hybridized carbons (Fsp3) is 0.471. The molecular weight excluding hydrogens is 367 g/mol. The number of nitrogens with zero attached hydrogens (tertiary/aromatic N) is 2. The number of benzene rings is 1. The average Bonchev–Trinajstić information content (AvgIpc) is 3.13. The highest BCUT2D eigenvalue weighted by Gasteiger charge is 2.44. The van der Waals surface area contributed by atoms with Crippen LogP contribution in [0.15, 0.2) is 18.2 Å². The number of carboxylic acids is 1. The first-order valence-corrected chi connectivity index (χ1v) is 8.83. The number of amides is 2. The Morgan fingerprint density at radius 1 is 1.20 bits per heavy atom. The molecule has 1 aromatic rings. The lowest BCUT2D eigenvalue weighted by Gasteiger charge is -2.21. The van der Waals surface area contributed by atoms with E-state index in [2.05, 4.69) is 0 Å². The lowest BCUT2D eigenvalue weighted by molar-refractivity contribution is -0.142. The number of carboxylic acid groups (broad SMARTS) is 1. The Balaban J connectivity index is 1.72. The summed E-state index contributed by atoms with van der Waals surface area (Å²) in [6, 6.07) is 4.91. The van der Waals surface area contributed by atoms with E-state index in [-0.39, 0.29) is 24.3 Å². The zero-order valence-corrected chi connectivity index (χ0v) is 15.1. The standard InChI is InChI=1S/C17H18Cl2N2O4/c1-9-7-20(8-12(9)17(24)25)15(22)11-4-5-21(16(11)23)10-2-3-13(18)14(19)6-10/h2-3,6,9,11-12H,4-5,7-8H2,1H3,(H,24,25)/t9-,11?,12-/m1/s1. The van der Waals surface area contributed by atoms with Crippen LogP contribution in [-0.4, -0.2) is 47.4 Å². The Morgan fingerprint density at radius 2 is 1.92 bits per heavy atom. The molecule has 0 saturated carbocycles. The second-order valence-electron chi connectivity index (χ2n) is 6.59. The van der Waals surface area contributed by atoms with Crippen molar-refractivity contribution in [2.75, 3.05) is 24.5 Å². The summed E-state index contributed by atoms with van der Waals surface area (Å²) >= 11 is 11.9. The molecule has 8 heteroatoms. The van der Waals surface area contributed by atoms with Gasteiger partial charge in [0.25, 0.3) is 0 Å². The number of carbonyl (C=O) groups is 3. The minimum atomic E-state index is -0.905. The lowest BCUT2D eigenvalue weighted by atomic mass is 9.99. The maximum Gasteiger partial charge on any atom is 0.308 e. The third kappa shape index (κ3) is 3.33. The van der Waals surface area contributed by atoms with E-state index in [9.17, 15) is 19.5 Å². The summed E-state index contributed by atoms with van der Waals surface area (Å²) in [6.07, 6.45) is 0.403. The number of hydrogen-bond acceptors (Lipinski definition) is 3. The Morgan fingerprint density at radius 3 is 2.52 bits per heavy atom. The predicted octanol–water partition coefficient (Wildman–Crippen LogP) is 2.53. The van der Waals surface area contributed by atoms with Gasteiger partial charge in [-0.2, -0.15) is 0 Å². The SMILES string of the molecule is C[C@@H]1CN(C(=O)C2CCN(c3ccc(Cl)c(Cl)c3)C2=O)C[C@H]1C(=O)O. The lowest BCUT2D eigenvalue weighted by Crippen LogP contribution is -2.39. The first kappa shape index (κ1) is 18.0. The van der Waals surface area contributed by atoms with Gasteiger partial charge in [0, 0.05) is 25.3 Å². The molecule has 1 aromatic carbocycles. The maximum absolute atomic E-state index is 12.7. The molecule has 0 radical (unpaired) electrons. The van der Waals surface area contributed by atoms with Crippen molar-refractivity contribution in [3.8, 4) is 0 Å². The summed E-state index contributed by atoms with van der Waals surface area (Å²) in [5, 5.41) is 9.95. The zero-order chi connectivity index (χ0) is 18.3. The molecule has 0 spiro atoms. The number of rotatable bonds is 3. The molecule has 1 N–H and O–H groups in total. The second kappa shape index (κ2) is 6.84. The highest BCUT2D eigenvalue weighted by atomic mass is 35.5. The van der Waals surface area contributed by atoms with E-state index in [0.717, 1.165) is 0 Å². The molecule has 25 heavy (non-hydrogen) atoms. The van der Waals surface area contributed by atoms with Crippen LogP contribution in [0.1, 0.15) is 13.3 Å². The summed E-state index contributed by atoms with van der Waals surface area (Å²) in [5.74, 6) is -2.94. The van der Waals surface area contributed by atoms with Gasteiger partial charge >= 0.3 is 5.97 Å². The zero-order valence-electron chi connectivity index (χ0n) is 13.6. The highest BCUT2D eigenvalue weighted by Crippen LogP contribution is 2.33. The monoisotopic (exact) mass is 384 g/mol. The molecule has 134 valence electrons. The van der Waals surface area contributed by atoms with Crippen molar-refractivity contribution in [3.63, 3.8) is 0 Å². The number of aliphatic carboxylic acids is 1. The van der Waals surface area contributed by atoms with Gasteiger partial charge in [0.15, 0.2) is 0 Å². The maximum atomic E-state index is 12.7. The third-order valence-electron chi connectivity index (χ3n) is 4.96. The van der Waals surface area contributed by atoms with E-state index in [1.54, 1.807) is 18.2 Å². The van der Waals surface area contributed by atoms with Crippen LogP contribution in [0.5, 0.6) is 0 Å². The van der Waals surface area contributed by atoms with Crippen molar-refractivity contribution in [2.45, 2.75) is 13.3 Å². The first-order valence-electron chi connectivity index (χ1n) is 8.07. The first-order chi connectivity index (χ1) is 11.8. The summed E-state index contributed by atoms with van der Waals surface area (Å²) in [6.45, 7) is 2.75. The van der Waals surface area contributed by atoms with E-state index in [1.807, 2.05) is 6.92 Å². The summed E-state index contributed by atoms with van der Waals surface area (Å²) < 4.78 is 0. The minimum Gasteiger partial charge on any atom is -0.481 e. The number of carbonyl (C=O) groups excluding carboxylic acids is 2. The number of anilines is 1. The molecule has 2 aliphatic rings. The van der Waals surface area contributed by atoms with Gasteiger partial charge in [-0.15, -0.1) is 0 Å². The number of likely N-dealkylation sites (tertiary alicyclic amines) is 1. The van der Waals surface area contributed by atoms with Crippen LogP contribution >= 0.6 is 23.2 Å². The van der Waals surface area contributed by atoms with Gasteiger partial charge in [-0.05, 0) is 30.5 Å². The molecule has 2 fully saturated rings. The van der Waals surface area contributed by atoms with Crippen LogP contribution < -0.4 is 4.90 Å². The van der Waals surface area contributed by atoms with Crippen molar-refractivity contribution in [1.82, 2.24) is 4.90 Å². The Kier molecular flexibility index (Phi) is 4.93. The molecule has 3 rings (SSSR count). The minimum absolute atomic E-state index is 0.121. The smallest absolute Gasteiger partial charge is 0.308 e. The highest BCUT2D eigenvalue weighted by molar-refractivity contribution is 6.42. The molecule has 0 aromatic heterocycles. The largest absolute Gasteiger partial charge is 0.481 e. The van der Waals surface area contributed by atoms with Crippen molar-refractivity contribution in [3.05, 3.63) is 28.2 Å². The topological polar surface area (TPSA) is 77.9 Å². The van der Waals surface area contributed by atoms with Crippen molar-refractivity contribution in [1.29, 1.82) is 0 Å². The molecule has 0 aliphatic carbocycles. The van der Waals surface area contributed by atoms with Gasteiger partial charge in [0.2, 0.25) is 11.8 Å². The fourth-order valence-electron chi connectivity index (χ4n) is 3.51. The van der Waals surface area contributed by atoms with Crippen molar-refractivity contribution >= 4 is 46.7 Å². The fourth-order valence-corrected chi connectivity index (χ4v) is 3.80. The van der Waals surface area contributed by atoms with Gasteiger partial charge in [-0.25, -0.2) is 0 Å². The summed E-state index contributed by atoms with van der Waals surface area (Å²) in [5.41, 5.74) is 0.605. The van der Waals surface area contributed by atoms with E-state index in [0.29, 0.717) is 35.2 Å². The molecule has 2 heterocycles. The molecule has 1 unspecified atom stereocenters. The quantitative estimate of drug-likeness (QED) is 0.812. The van der Waals surface area contributed by atoms with Crippen LogP contribution in [-0.2, 0) is 14.4 Å². The van der Waals surface area contributed by atoms with Crippen LogP contribution in [0.3, 0.4) is 0 Å². The van der Waals surface area contributed by atoms with E-state index < -0.39 is 17.8 Å². The Bertz CT molecular complexity index is 739.